The predicted octanol–water partition coefficient (Wildman–Crippen LogP) is 1.85. The Morgan fingerprint density at radius 3 is 2.90 bits per heavy atom. The van der Waals surface area contributed by atoms with Crippen LogP contribution < -0.4 is 20.1 Å². The summed E-state index contributed by atoms with van der Waals surface area (Å²) in [5.74, 6) is 1.49. The standard InChI is InChI=1S/C16H24N2O3/c1-3-21-15-10-12(7-8-14(15)20-2)11-18-16(19)13-6-4-5-9-17-13/h7-8,10,13,17H,3-6,9,11H2,1-2H3,(H,18,19)/t13-/m0/s1. The van der Waals surface area contributed by atoms with Crippen LogP contribution in [0.5, 0.6) is 11.5 Å². The van der Waals surface area contributed by atoms with Crippen molar-refractivity contribution in [1.82, 2.24) is 10.6 Å². The number of rotatable bonds is 6. The molecule has 1 aliphatic rings. The van der Waals surface area contributed by atoms with E-state index in [1.54, 1.807) is 7.11 Å². The fourth-order valence-corrected chi connectivity index (χ4v) is 2.49. The lowest BCUT2D eigenvalue weighted by molar-refractivity contribution is -0.123. The SMILES string of the molecule is CCOc1cc(CNC(=O)[C@@H]2CCCCN2)ccc1OC. The molecule has 1 amide bonds. The molecule has 1 aromatic rings. The minimum Gasteiger partial charge on any atom is -0.493 e. The van der Waals surface area contributed by atoms with E-state index in [1.165, 1.54) is 0 Å². The summed E-state index contributed by atoms with van der Waals surface area (Å²) in [5.41, 5.74) is 1.00. The monoisotopic (exact) mass is 292 g/mol. The number of benzene rings is 1. The molecule has 1 heterocycles. The number of piperidine rings is 1. The van der Waals surface area contributed by atoms with Gasteiger partial charge in [-0.1, -0.05) is 12.5 Å². The van der Waals surface area contributed by atoms with Gasteiger partial charge in [-0.15, -0.1) is 0 Å². The number of hydrogen-bond acceptors (Lipinski definition) is 4. The van der Waals surface area contributed by atoms with Gasteiger partial charge in [0.05, 0.1) is 19.8 Å². The fraction of sp³-hybridized carbons (Fsp3) is 0.562. The van der Waals surface area contributed by atoms with E-state index in [9.17, 15) is 4.79 Å². The molecule has 0 bridgehead atoms. The molecule has 0 saturated carbocycles. The average molecular weight is 292 g/mol. The average Bonchev–Trinajstić information content (AvgIpc) is 2.54. The first-order chi connectivity index (χ1) is 10.2. The maximum Gasteiger partial charge on any atom is 0.237 e. The zero-order valence-corrected chi connectivity index (χ0v) is 12.8. The van der Waals surface area contributed by atoms with E-state index in [0.717, 1.165) is 31.4 Å². The van der Waals surface area contributed by atoms with Crippen molar-refractivity contribution < 1.29 is 14.3 Å². The zero-order chi connectivity index (χ0) is 15.1. The van der Waals surface area contributed by atoms with Gasteiger partial charge in [-0.3, -0.25) is 4.79 Å². The smallest absolute Gasteiger partial charge is 0.237 e. The molecule has 1 aliphatic heterocycles. The fourth-order valence-electron chi connectivity index (χ4n) is 2.49. The number of amides is 1. The predicted molar refractivity (Wildman–Crippen MR) is 81.7 cm³/mol. The largest absolute Gasteiger partial charge is 0.493 e. The number of nitrogens with one attached hydrogen (secondary N) is 2. The third kappa shape index (κ3) is 4.36. The van der Waals surface area contributed by atoms with Gasteiger partial charge in [0.2, 0.25) is 5.91 Å². The molecular formula is C16H24N2O3. The topological polar surface area (TPSA) is 59.6 Å². The van der Waals surface area contributed by atoms with Crippen LogP contribution in [0, 0.1) is 0 Å². The summed E-state index contributed by atoms with van der Waals surface area (Å²) >= 11 is 0. The van der Waals surface area contributed by atoms with Gasteiger partial charge in [0.15, 0.2) is 11.5 Å². The molecular weight excluding hydrogens is 268 g/mol. The molecule has 5 heteroatoms. The Kier molecular flexibility index (Phi) is 5.87. The summed E-state index contributed by atoms with van der Waals surface area (Å²) < 4.78 is 10.8. The third-order valence-corrected chi connectivity index (χ3v) is 3.62. The Morgan fingerprint density at radius 1 is 1.38 bits per heavy atom. The highest BCUT2D eigenvalue weighted by molar-refractivity contribution is 5.81. The molecule has 1 saturated heterocycles. The van der Waals surface area contributed by atoms with Crippen molar-refractivity contribution >= 4 is 5.91 Å². The minimum atomic E-state index is -0.0524. The molecule has 0 radical (unpaired) electrons. The van der Waals surface area contributed by atoms with Gasteiger partial charge < -0.3 is 20.1 Å². The minimum absolute atomic E-state index is 0.0524. The Hall–Kier alpha value is -1.75. The number of carbonyl (C=O) groups excluding carboxylic acids is 1. The molecule has 0 aromatic heterocycles. The van der Waals surface area contributed by atoms with Crippen molar-refractivity contribution in [3.05, 3.63) is 23.8 Å². The van der Waals surface area contributed by atoms with Crippen LogP contribution >= 0.6 is 0 Å². The maximum atomic E-state index is 12.1. The van der Waals surface area contributed by atoms with E-state index < -0.39 is 0 Å². The zero-order valence-electron chi connectivity index (χ0n) is 12.8. The summed E-state index contributed by atoms with van der Waals surface area (Å²) in [6.45, 7) is 3.94. The first-order valence-electron chi connectivity index (χ1n) is 7.55. The van der Waals surface area contributed by atoms with Crippen LogP contribution in [0.25, 0.3) is 0 Å². The molecule has 5 nitrogen and oxygen atoms in total. The summed E-state index contributed by atoms with van der Waals surface area (Å²) in [6, 6.07) is 5.67. The molecule has 0 unspecified atom stereocenters. The molecule has 1 aromatic carbocycles. The number of hydrogen-bond donors (Lipinski definition) is 2. The van der Waals surface area contributed by atoms with Crippen LogP contribution in [0.1, 0.15) is 31.7 Å². The van der Waals surface area contributed by atoms with Gasteiger partial charge in [-0.05, 0) is 44.0 Å². The Morgan fingerprint density at radius 2 is 2.24 bits per heavy atom. The summed E-state index contributed by atoms with van der Waals surface area (Å²) in [5, 5.41) is 6.23. The molecule has 0 spiro atoms. The second kappa shape index (κ2) is 7.88. The van der Waals surface area contributed by atoms with Crippen molar-refractivity contribution in [3.63, 3.8) is 0 Å². The number of methoxy groups -OCH3 is 1. The van der Waals surface area contributed by atoms with Crippen LogP contribution in [0.15, 0.2) is 18.2 Å². The van der Waals surface area contributed by atoms with Crippen LogP contribution in [-0.4, -0.2) is 32.2 Å². The lowest BCUT2D eigenvalue weighted by Gasteiger charge is -2.22. The Bertz CT molecular complexity index is 471. The van der Waals surface area contributed by atoms with E-state index >= 15 is 0 Å². The molecule has 1 fully saturated rings. The first kappa shape index (κ1) is 15.6. The molecule has 116 valence electrons. The third-order valence-electron chi connectivity index (χ3n) is 3.62. The highest BCUT2D eigenvalue weighted by atomic mass is 16.5. The normalized spacial score (nSPS) is 18.1. The van der Waals surface area contributed by atoms with E-state index in [2.05, 4.69) is 10.6 Å². The van der Waals surface area contributed by atoms with Gasteiger partial charge in [0.1, 0.15) is 0 Å². The van der Waals surface area contributed by atoms with E-state index in [4.69, 9.17) is 9.47 Å². The second-order valence-electron chi connectivity index (χ2n) is 5.14. The van der Waals surface area contributed by atoms with Gasteiger partial charge in [-0.25, -0.2) is 0 Å². The Balaban J connectivity index is 1.92. The highest BCUT2D eigenvalue weighted by Gasteiger charge is 2.19. The molecule has 2 rings (SSSR count). The molecule has 0 aliphatic carbocycles. The van der Waals surface area contributed by atoms with Gasteiger partial charge >= 0.3 is 0 Å². The quantitative estimate of drug-likeness (QED) is 0.840. The maximum absolute atomic E-state index is 12.1. The highest BCUT2D eigenvalue weighted by Crippen LogP contribution is 2.27. The van der Waals surface area contributed by atoms with Crippen LogP contribution in [0.3, 0.4) is 0 Å². The van der Waals surface area contributed by atoms with Crippen molar-refractivity contribution in [2.24, 2.45) is 0 Å². The lowest BCUT2D eigenvalue weighted by Crippen LogP contribution is -2.46. The lowest BCUT2D eigenvalue weighted by atomic mass is 10.0. The number of ether oxygens (including phenoxy) is 2. The summed E-state index contributed by atoms with van der Waals surface area (Å²) in [6.07, 6.45) is 3.18. The van der Waals surface area contributed by atoms with Crippen LogP contribution in [0.2, 0.25) is 0 Å². The van der Waals surface area contributed by atoms with Crippen LogP contribution in [0.4, 0.5) is 0 Å². The second-order valence-corrected chi connectivity index (χ2v) is 5.14. The van der Waals surface area contributed by atoms with E-state index in [-0.39, 0.29) is 11.9 Å². The first-order valence-corrected chi connectivity index (χ1v) is 7.55. The van der Waals surface area contributed by atoms with Crippen molar-refractivity contribution in [3.8, 4) is 11.5 Å². The molecule has 21 heavy (non-hydrogen) atoms. The van der Waals surface area contributed by atoms with Crippen LogP contribution in [-0.2, 0) is 11.3 Å². The van der Waals surface area contributed by atoms with Gasteiger partial charge in [0.25, 0.3) is 0 Å². The van der Waals surface area contributed by atoms with E-state index in [1.807, 2.05) is 25.1 Å². The number of carbonyl (C=O) groups is 1. The van der Waals surface area contributed by atoms with Crippen molar-refractivity contribution in [2.45, 2.75) is 38.8 Å². The van der Waals surface area contributed by atoms with Gasteiger partial charge in [-0.2, -0.15) is 0 Å². The Labute approximate surface area is 126 Å². The molecule has 1 atom stereocenters. The summed E-state index contributed by atoms with van der Waals surface area (Å²) in [4.78, 5) is 12.1. The van der Waals surface area contributed by atoms with Crippen molar-refractivity contribution in [2.75, 3.05) is 20.3 Å². The van der Waals surface area contributed by atoms with Gasteiger partial charge in [0, 0.05) is 6.54 Å². The summed E-state index contributed by atoms with van der Waals surface area (Å²) in [7, 11) is 1.62. The van der Waals surface area contributed by atoms with E-state index in [0.29, 0.717) is 24.7 Å². The van der Waals surface area contributed by atoms with Crippen molar-refractivity contribution in [1.29, 1.82) is 0 Å². The molecule has 2 N–H and O–H groups in total.